The fourth-order valence-electron chi connectivity index (χ4n) is 3.37. The van der Waals surface area contributed by atoms with E-state index < -0.39 is 0 Å². The molecular weight excluding hydrogens is 399 g/mol. The molecule has 0 atom stereocenters. The van der Waals surface area contributed by atoms with E-state index in [-0.39, 0.29) is 12.5 Å². The summed E-state index contributed by atoms with van der Waals surface area (Å²) in [5, 5.41) is 21.0. The fourth-order valence-corrected chi connectivity index (χ4v) is 3.87. The first-order valence-corrected chi connectivity index (χ1v) is 9.59. The maximum Gasteiger partial charge on any atom is 0.258 e. The van der Waals surface area contributed by atoms with Gasteiger partial charge in [0.05, 0.1) is 29.1 Å². The molecule has 0 unspecified atom stereocenters. The SMILES string of the molecule is O=C(Nc1ccc(CO)c2c1CCNC2)c1cnn(-c2ccc(Cl)cc2Cl)c1. The van der Waals surface area contributed by atoms with Crippen molar-refractivity contribution in [3.05, 3.63) is 75.0 Å². The van der Waals surface area contributed by atoms with Gasteiger partial charge in [0.15, 0.2) is 0 Å². The van der Waals surface area contributed by atoms with Crippen molar-refractivity contribution in [1.82, 2.24) is 15.1 Å². The highest BCUT2D eigenvalue weighted by Gasteiger charge is 2.19. The van der Waals surface area contributed by atoms with Crippen LogP contribution in [0.4, 0.5) is 5.69 Å². The lowest BCUT2D eigenvalue weighted by molar-refractivity contribution is 0.102. The molecule has 2 aromatic carbocycles. The summed E-state index contributed by atoms with van der Waals surface area (Å²) in [6, 6.07) is 8.78. The van der Waals surface area contributed by atoms with Crippen molar-refractivity contribution in [1.29, 1.82) is 0 Å². The third-order valence-electron chi connectivity index (χ3n) is 4.80. The minimum atomic E-state index is -0.256. The highest BCUT2D eigenvalue weighted by Crippen LogP contribution is 2.28. The van der Waals surface area contributed by atoms with E-state index >= 15 is 0 Å². The number of aromatic nitrogens is 2. The van der Waals surface area contributed by atoms with E-state index in [0.29, 0.717) is 27.8 Å². The van der Waals surface area contributed by atoms with Gasteiger partial charge in [-0.05, 0) is 53.9 Å². The van der Waals surface area contributed by atoms with Crippen molar-refractivity contribution in [2.24, 2.45) is 0 Å². The number of hydrogen-bond donors (Lipinski definition) is 3. The zero-order chi connectivity index (χ0) is 19.7. The number of rotatable bonds is 4. The van der Waals surface area contributed by atoms with Gasteiger partial charge in [0.1, 0.15) is 0 Å². The molecule has 3 N–H and O–H groups in total. The Balaban J connectivity index is 1.59. The van der Waals surface area contributed by atoms with Crippen LogP contribution in [0.5, 0.6) is 0 Å². The van der Waals surface area contributed by atoms with Gasteiger partial charge in [0.25, 0.3) is 5.91 Å². The Morgan fingerprint density at radius 2 is 2.11 bits per heavy atom. The lowest BCUT2D eigenvalue weighted by Crippen LogP contribution is -2.26. The predicted molar refractivity (Wildman–Crippen MR) is 109 cm³/mol. The summed E-state index contributed by atoms with van der Waals surface area (Å²) in [6.45, 7) is 1.49. The van der Waals surface area contributed by atoms with Crippen LogP contribution in [-0.4, -0.2) is 27.3 Å². The second kappa shape index (κ2) is 7.93. The van der Waals surface area contributed by atoms with Crippen LogP contribution in [0.15, 0.2) is 42.7 Å². The average molecular weight is 417 g/mol. The smallest absolute Gasteiger partial charge is 0.258 e. The van der Waals surface area contributed by atoms with Gasteiger partial charge >= 0.3 is 0 Å². The van der Waals surface area contributed by atoms with E-state index in [2.05, 4.69) is 15.7 Å². The first-order chi connectivity index (χ1) is 13.6. The molecule has 0 aliphatic carbocycles. The van der Waals surface area contributed by atoms with Crippen LogP contribution in [0, 0.1) is 0 Å². The summed E-state index contributed by atoms with van der Waals surface area (Å²) < 4.78 is 1.54. The standard InChI is InChI=1S/C20H18Cl2N4O2/c21-14-2-4-19(17(22)7-14)26-10-13(8-24-26)20(28)25-18-3-1-12(11-27)16-9-23-6-5-15(16)18/h1-4,7-8,10,23,27H,5-6,9,11H2,(H,25,28). The predicted octanol–water partition coefficient (Wildman–Crippen LogP) is 3.57. The monoisotopic (exact) mass is 416 g/mol. The summed E-state index contributed by atoms with van der Waals surface area (Å²) in [5.41, 5.74) is 4.81. The fraction of sp³-hybridized carbons (Fsp3) is 0.200. The van der Waals surface area contributed by atoms with Crippen LogP contribution < -0.4 is 10.6 Å². The molecule has 0 spiro atoms. The van der Waals surface area contributed by atoms with Crippen LogP contribution in [0.1, 0.15) is 27.0 Å². The summed E-state index contributed by atoms with van der Waals surface area (Å²) in [5.74, 6) is -0.256. The Labute approximate surface area is 172 Å². The van der Waals surface area contributed by atoms with Gasteiger partial charge < -0.3 is 15.7 Å². The van der Waals surface area contributed by atoms with E-state index in [1.54, 1.807) is 29.1 Å². The third-order valence-corrected chi connectivity index (χ3v) is 5.34. The Morgan fingerprint density at radius 3 is 2.89 bits per heavy atom. The molecule has 1 aromatic heterocycles. The second-order valence-electron chi connectivity index (χ2n) is 6.54. The zero-order valence-corrected chi connectivity index (χ0v) is 16.4. The minimum Gasteiger partial charge on any atom is -0.392 e. The maximum atomic E-state index is 12.8. The number of carbonyl (C=O) groups is 1. The molecule has 4 rings (SSSR count). The summed E-state index contributed by atoms with van der Waals surface area (Å²) in [7, 11) is 0. The van der Waals surface area contributed by atoms with E-state index in [0.717, 1.165) is 35.3 Å². The van der Waals surface area contributed by atoms with Crippen LogP contribution in [0.2, 0.25) is 10.0 Å². The number of carbonyl (C=O) groups excluding carboxylic acids is 1. The minimum absolute atomic E-state index is 0.0210. The molecule has 1 aliphatic heterocycles. The molecule has 8 heteroatoms. The number of anilines is 1. The normalized spacial score (nSPS) is 13.2. The van der Waals surface area contributed by atoms with Crippen LogP contribution >= 0.6 is 23.2 Å². The van der Waals surface area contributed by atoms with Crippen molar-refractivity contribution in [2.75, 3.05) is 11.9 Å². The van der Waals surface area contributed by atoms with Crippen LogP contribution in [0.25, 0.3) is 5.69 Å². The van der Waals surface area contributed by atoms with Gasteiger partial charge in [-0.1, -0.05) is 29.3 Å². The molecule has 0 radical (unpaired) electrons. The first-order valence-electron chi connectivity index (χ1n) is 8.83. The number of halogens is 2. The van der Waals surface area contributed by atoms with Crippen molar-refractivity contribution < 1.29 is 9.90 Å². The molecule has 3 aromatic rings. The lowest BCUT2D eigenvalue weighted by atomic mass is 9.94. The molecule has 144 valence electrons. The Bertz CT molecular complexity index is 1050. The van der Waals surface area contributed by atoms with E-state index in [1.807, 2.05) is 12.1 Å². The number of fused-ring (bicyclic) bond motifs is 1. The van der Waals surface area contributed by atoms with Crippen molar-refractivity contribution in [2.45, 2.75) is 19.6 Å². The number of hydrogen-bond acceptors (Lipinski definition) is 4. The lowest BCUT2D eigenvalue weighted by Gasteiger charge is -2.23. The van der Waals surface area contributed by atoms with Gasteiger partial charge in [-0.2, -0.15) is 5.10 Å². The molecule has 2 heterocycles. The van der Waals surface area contributed by atoms with Gasteiger partial charge in [0, 0.05) is 23.5 Å². The summed E-state index contributed by atoms with van der Waals surface area (Å²) in [4.78, 5) is 12.8. The quantitative estimate of drug-likeness (QED) is 0.607. The topological polar surface area (TPSA) is 79.2 Å². The average Bonchev–Trinajstić information content (AvgIpc) is 3.18. The molecule has 0 saturated carbocycles. The number of nitrogens with one attached hydrogen (secondary N) is 2. The van der Waals surface area contributed by atoms with Crippen molar-refractivity contribution in [3.63, 3.8) is 0 Å². The van der Waals surface area contributed by atoms with Gasteiger partial charge in [-0.3, -0.25) is 4.79 Å². The second-order valence-corrected chi connectivity index (χ2v) is 7.38. The summed E-state index contributed by atoms with van der Waals surface area (Å²) >= 11 is 12.1. The molecule has 6 nitrogen and oxygen atoms in total. The molecular formula is C20H18Cl2N4O2. The van der Waals surface area contributed by atoms with E-state index in [4.69, 9.17) is 23.2 Å². The van der Waals surface area contributed by atoms with Crippen LogP contribution in [0.3, 0.4) is 0 Å². The molecule has 0 bridgehead atoms. The molecule has 28 heavy (non-hydrogen) atoms. The Morgan fingerprint density at radius 1 is 1.25 bits per heavy atom. The highest BCUT2D eigenvalue weighted by molar-refractivity contribution is 6.35. The Hall–Kier alpha value is -2.38. The number of nitrogens with zero attached hydrogens (tertiary/aromatic N) is 2. The zero-order valence-electron chi connectivity index (χ0n) is 14.9. The van der Waals surface area contributed by atoms with Crippen molar-refractivity contribution >= 4 is 34.8 Å². The Kier molecular flexibility index (Phi) is 5.37. The van der Waals surface area contributed by atoms with Crippen molar-refractivity contribution in [3.8, 4) is 5.69 Å². The molecule has 1 amide bonds. The molecule has 0 saturated heterocycles. The number of aliphatic hydroxyl groups excluding tert-OH is 1. The highest BCUT2D eigenvalue weighted by atomic mass is 35.5. The number of aliphatic hydroxyl groups is 1. The molecule has 1 aliphatic rings. The maximum absolute atomic E-state index is 12.8. The third kappa shape index (κ3) is 3.64. The number of amides is 1. The first kappa shape index (κ1) is 19.0. The van der Waals surface area contributed by atoms with E-state index in [1.165, 1.54) is 6.20 Å². The van der Waals surface area contributed by atoms with Crippen LogP contribution in [-0.2, 0) is 19.6 Å². The largest absolute Gasteiger partial charge is 0.392 e. The van der Waals surface area contributed by atoms with Gasteiger partial charge in [-0.15, -0.1) is 0 Å². The van der Waals surface area contributed by atoms with Gasteiger partial charge in [0.2, 0.25) is 0 Å². The number of benzene rings is 2. The van der Waals surface area contributed by atoms with E-state index in [9.17, 15) is 9.90 Å². The van der Waals surface area contributed by atoms with Gasteiger partial charge in [-0.25, -0.2) is 4.68 Å². The molecule has 0 fully saturated rings. The summed E-state index contributed by atoms with van der Waals surface area (Å²) in [6.07, 6.45) is 3.91.